The summed E-state index contributed by atoms with van der Waals surface area (Å²) >= 11 is 0. The second-order valence-corrected chi connectivity index (χ2v) is 15.7. The highest BCUT2D eigenvalue weighted by molar-refractivity contribution is 5.79. The molecule has 0 radical (unpaired) electrons. The molecule has 0 bridgehead atoms. The molecule has 46 heavy (non-hydrogen) atoms. The fourth-order valence-electron chi connectivity index (χ4n) is 5.29. The quantitative estimate of drug-likeness (QED) is 0.109. The maximum atomic E-state index is 13.3. The molecule has 0 spiro atoms. The summed E-state index contributed by atoms with van der Waals surface area (Å²) in [4.78, 5) is 39.5. The molecule has 0 N–H and O–H groups in total. The molecule has 0 fully saturated rings. The van der Waals surface area contributed by atoms with Crippen molar-refractivity contribution in [2.24, 2.45) is 11.8 Å². The molecule has 2 rings (SSSR count). The summed E-state index contributed by atoms with van der Waals surface area (Å²) in [5.74, 6) is -0.692. The van der Waals surface area contributed by atoms with Crippen LogP contribution < -0.4 is 0 Å². The number of esters is 2. The fourth-order valence-corrected chi connectivity index (χ4v) is 5.29. The first-order valence-electron chi connectivity index (χ1n) is 16.5. The molecule has 0 aliphatic rings. The first-order valence-corrected chi connectivity index (χ1v) is 16.5. The Kier molecular flexibility index (Phi) is 13.6. The zero-order valence-electron chi connectivity index (χ0n) is 30.8. The van der Waals surface area contributed by atoms with Gasteiger partial charge in [-0.15, -0.1) is 0 Å². The number of nitrogens with zero attached hydrogens (tertiary/aromatic N) is 2. The average molecular weight is 641 g/mol. The lowest BCUT2D eigenvalue weighted by Crippen LogP contribution is -2.53. The normalized spacial score (nSPS) is 14.6. The Hall–Kier alpha value is -2.78. The van der Waals surface area contributed by atoms with Crippen molar-refractivity contribution in [1.82, 2.24) is 10.1 Å². The molecular weight excluding hydrogens is 580 g/mol. The van der Waals surface area contributed by atoms with Crippen LogP contribution in [0.25, 0.3) is 0 Å². The van der Waals surface area contributed by atoms with Crippen LogP contribution in [0, 0.1) is 11.8 Å². The van der Waals surface area contributed by atoms with Crippen molar-refractivity contribution in [3.05, 3.63) is 71.8 Å². The number of hydrogen-bond donors (Lipinski definition) is 0. The van der Waals surface area contributed by atoms with Gasteiger partial charge in [0.2, 0.25) is 0 Å². The molecule has 0 aliphatic carbocycles. The number of ether oxygens (including phenoxy) is 2. The minimum Gasteiger partial charge on any atom is -0.460 e. The van der Waals surface area contributed by atoms with E-state index in [-0.39, 0.29) is 37.1 Å². The molecule has 2 aromatic carbocycles. The van der Waals surface area contributed by atoms with Crippen molar-refractivity contribution >= 4 is 11.9 Å². The lowest BCUT2D eigenvalue weighted by Gasteiger charge is -2.45. The van der Waals surface area contributed by atoms with Gasteiger partial charge in [-0.2, -0.15) is 10.1 Å². The highest BCUT2D eigenvalue weighted by Gasteiger charge is 2.43. The highest BCUT2D eigenvalue weighted by atomic mass is 16.7. The summed E-state index contributed by atoms with van der Waals surface area (Å²) in [6.07, 6.45) is 0. The molecule has 258 valence electrons. The molecule has 8 nitrogen and oxygen atoms in total. The Labute approximate surface area is 278 Å². The van der Waals surface area contributed by atoms with Crippen molar-refractivity contribution in [2.45, 2.75) is 131 Å². The zero-order chi connectivity index (χ0) is 35.1. The maximum Gasteiger partial charge on any atom is 0.340 e. The van der Waals surface area contributed by atoms with Crippen LogP contribution in [0.4, 0.5) is 0 Å². The molecule has 8 heteroatoms. The zero-order valence-corrected chi connectivity index (χ0v) is 30.8. The van der Waals surface area contributed by atoms with E-state index < -0.39 is 34.2 Å². The second kappa shape index (κ2) is 15.9. The summed E-state index contributed by atoms with van der Waals surface area (Å²) in [5.41, 5.74) is -1.22. The van der Waals surface area contributed by atoms with Gasteiger partial charge in [-0.3, -0.25) is 9.68 Å². The van der Waals surface area contributed by atoms with E-state index in [1.807, 2.05) is 46.5 Å². The number of carbonyl (C=O) groups excluding carboxylic acids is 2. The number of hydroxylamine groups is 4. The Morgan fingerprint density at radius 3 is 1.07 bits per heavy atom. The molecule has 2 atom stereocenters. The summed E-state index contributed by atoms with van der Waals surface area (Å²) in [7, 11) is 0. The molecule has 0 aliphatic heterocycles. The molecule has 0 amide bonds. The minimum atomic E-state index is -1.29. The lowest BCUT2D eigenvalue weighted by atomic mass is 9.92. The van der Waals surface area contributed by atoms with Gasteiger partial charge in [-0.05, 0) is 92.2 Å². The molecule has 0 saturated heterocycles. The topological polar surface area (TPSA) is 77.5 Å². The summed E-state index contributed by atoms with van der Waals surface area (Å²) in [6.45, 7) is 27.4. The lowest BCUT2D eigenvalue weighted by molar-refractivity contribution is -0.300. The van der Waals surface area contributed by atoms with Gasteiger partial charge in [-0.1, -0.05) is 88.4 Å². The van der Waals surface area contributed by atoms with Gasteiger partial charge < -0.3 is 9.47 Å². The fraction of sp³-hybridized carbons (Fsp3) is 0.632. The van der Waals surface area contributed by atoms with Crippen molar-refractivity contribution < 1.29 is 28.7 Å². The smallest absolute Gasteiger partial charge is 0.340 e. The molecule has 2 unspecified atom stereocenters. The Morgan fingerprint density at radius 2 is 0.826 bits per heavy atom. The van der Waals surface area contributed by atoms with Crippen molar-refractivity contribution in [1.29, 1.82) is 0 Å². The van der Waals surface area contributed by atoms with Crippen LogP contribution in [0.1, 0.15) is 120 Å². The third-order valence-corrected chi connectivity index (χ3v) is 7.56. The van der Waals surface area contributed by atoms with E-state index in [9.17, 15) is 9.59 Å². The molecule has 2 aromatic rings. The summed E-state index contributed by atoms with van der Waals surface area (Å²) in [5, 5.41) is 3.80. The largest absolute Gasteiger partial charge is 0.460 e. The Balaban J connectivity index is 2.08. The van der Waals surface area contributed by atoms with Crippen molar-refractivity contribution in [3.63, 3.8) is 0 Å². The standard InChI is InChI=1S/C38H60N2O6/c1-27(2)31(29-21-17-15-18-22-29)39(35(5,6)7)45-37(11,12)33(41)43-25-26-44-34(42)38(13,14)46-40(36(8,9)10)32(28(3)4)30-23-19-16-20-24-30/h15-24,27-28,31-32H,25-26H2,1-14H3. The van der Waals surface area contributed by atoms with E-state index in [1.165, 1.54) is 0 Å². The van der Waals surface area contributed by atoms with Crippen LogP contribution in [0.15, 0.2) is 60.7 Å². The van der Waals surface area contributed by atoms with Crippen LogP contribution >= 0.6 is 0 Å². The first-order chi connectivity index (χ1) is 21.1. The van der Waals surface area contributed by atoms with E-state index in [0.29, 0.717) is 0 Å². The van der Waals surface area contributed by atoms with Gasteiger partial charge in [0, 0.05) is 11.1 Å². The molecule has 0 aromatic heterocycles. The molecule has 0 saturated carbocycles. The third-order valence-electron chi connectivity index (χ3n) is 7.56. The predicted molar refractivity (Wildman–Crippen MR) is 183 cm³/mol. The van der Waals surface area contributed by atoms with Crippen LogP contribution in [-0.4, -0.2) is 57.6 Å². The number of hydrogen-bond acceptors (Lipinski definition) is 8. The number of carbonyl (C=O) groups is 2. The second-order valence-electron chi connectivity index (χ2n) is 15.7. The highest BCUT2D eigenvalue weighted by Crippen LogP contribution is 2.38. The number of rotatable bonds is 15. The van der Waals surface area contributed by atoms with E-state index in [0.717, 1.165) is 11.1 Å². The monoisotopic (exact) mass is 640 g/mol. The van der Waals surface area contributed by atoms with Gasteiger partial charge in [0.25, 0.3) is 0 Å². The minimum absolute atomic E-state index is 0.0960. The van der Waals surface area contributed by atoms with Crippen LogP contribution in [0.3, 0.4) is 0 Å². The van der Waals surface area contributed by atoms with E-state index in [1.54, 1.807) is 27.7 Å². The molecular formula is C38H60N2O6. The molecule has 0 heterocycles. The third kappa shape index (κ3) is 10.9. The van der Waals surface area contributed by atoms with E-state index in [4.69, 9.17) is 19.1 Å². The number of benzene rings is 2. The predicted octanol–water partition coefficient (Wildman–Crippen LogP) is 8.49. The van der Waals surface area contributed by atoms with Crippen LogP contribution in [-0.2, 0) is 28.7 Å². The van der Waals surface area contributed by atoms with Crippen molar-refractivity contribution in [3.8, 4) is 0 Å². The van der Waals surface area contributed by atoms with Gasteiger partial charge in [-0.25, -0.2) is 9.59 Å². The Morgan fingerprint density at radius 1 is 0.543 bits per heavy atom. The van der Waals surface area contributed by atoms with Gasteiger partial charge in [0.15, 0.2) is 11.2 Å². The van der Waals surface area contributed by atoms with E-state index in [2.05, 4.69) is 93.5 Å². The van der Waals surface area contributed by atoms with Gasteiger partial charge >= 0.3 is 11.9 Å². The summed E-state index contributed by atoms with van der Waals surface area (Å²) < 4.78 is 11.1. The Bertz CT molecular complexity index is 1130. The average Bonchev–Trinajstić information content (AvgIpc) is 2.94. The SMILES string of the molecule is CC(C)C(c1ccccc1)N(OC(C)(C)C(=O)OCCOC(=O)C(C)(C)ON(C(c1ccccc1)C(C)C)C(C)(C)C)C(C)(C)C. The first kappa shape index (κ1) is 39.4. The van der Waals surface area contributed by atoms with Crippen LogP contribution in [0.2, 0.25) is 0 Å². The van der Waals surface area contributed by atoms with Gasteiger partial charge in [0.1, 0.15) is 13.2 Å². The maximum absolute atomic E-state index is 13.3. The van der Waals surface area contributed by atoms with Gasteiger partial charge in [0.05, 0.1) is 12.1 Å². The van der Waals surface area contributed by atoms with Crippen molar-refractivity contribution in [2.75, 3.05) is 13.2 Å². The summed E-state index contributed by atoms with van der Waals surface area (Å²) in [6, 6.07) is 20.1. The van der Waals surface area contributed by atoms with E-state index >= 15 is 0 Å². The van der Waals surface area contributed by atoms with Crippen LogP contribution in [0.5, 0.6) is 0 Å².